The Hall–Kier alpha value is -3.17. The molecule has 2 aromatic rings. The van der Waals surface area contributed by atoms with Crippen molar-refractivity contribution in [3.63, 3.8) is 0 Å². The van der Waals surface area contributed by atoms with E-state index in [2.05, 4.69) is 5.32 Å². The van der Waals surface area contributed by atoms with Crippen molar-refractivity contribution >= 4 is 17.5 Å². The molecule has 0 aromatic heterocycles. The van der Waals surface area contributed by atoms with E-state index in [4.69, 9.17) is 11.0 Å². The first kappa shape index (κ1) is 17.6. The Bertz CT molecular complexity index is 842. The SMILES string of the molecule is C[C@@H]1C[C@H](N[C@@H](C(N)=O)c2ccc(C#N)cc2)C(=O)N1c1ccccc1. The number of primary amides is 1. The van der Waals surface area contributed by atoms with Crippen LogP contribution in [-0.2, 0) is 9.59 Å². The second-order valence-corrected chi connectivity index (χ2v) is 6.42. The van der Waals surface area contributed by atoms with Crippen LogP contribution in [0.15, 0.2) is 54.6 Å². The number of hydrogen-bond acceptors (Lipinski definition) is 4. The number of carbonyl (C=O) groups is 2. The first-order valence-electron chi connectivity index (χ1n) is 8.45. The van der Waals surface area contributed by atoms with E-state index < -0.39 is 18.0 Å². The van der Waals surface area contributed by atoms with Crippen LogP contribution in [0.1, 0.15) is 30.5 Å². The van der Waals surface area contributed by atoms with Crippen molar-refractivity contribution in [3.05, 3.63) is 65.7 Å². The molecule has 6 nitrogen and oxygen atoms in total. The maximum atomic E-state index is 12.9. The lowest BCUT2D eigenvalue weighted by Crippen LogP contribution is -2.44. The second-order valence-electron chi connectivity index (χ2n) is 6.42. The minimum atomic E-state index is -0.792. The van der Waals surface area contributed by atoms with Crippen LogP contribution in [0.4, 0.5) is 5.69 Å². The zero-order chi connectivity index (χ0) is 18.7. The van der Waals surface area contributed by atoms with Gasteiger partial charge in [0.05, 0.1) is 17.7 Å². The first-order valence-corrected chi connectivity index (χ1v) is 8.45. The summed E-state index contributed by atoms with van der Waals surface area (Å²) in [5, 5.41) is 12.0. The number of nitrogens with two attached hydrogens (primary N) is 1. The predicted molar refractivity (Wildman–Crippen MR) is 98.0 cm³/mol. The van der Waals surface area contributed by atoms with Gasteiger partial charge in [0.1, 0.15) is 6.04 Å². The van der Waals surface area contributed by atoms with E-state index in [1.165, 1.54) is 0 Å². The van der Waals surface area contributed by atoms with E-state index in [1.54, 1.807) is 29.2 Å². The minimum absolute atomic E-state index is 0.0110. The predicted octanol–water partition coefficient (Wildman–Crippen LogP) is 1.87. The molecule has 0 spiro atoms. The fourth-order valence-corrected chi connectivity index (χ4v) is 3.34. The average molecular weight is 348 g/mol. The van der Waals surface area contributed by atoms with Crippen LogP contribution in [0.3, 0.4) is 0 Å². The molecule has 1 fully saturated rings. The molecular formula is C20H20N4O2. The second kappa shape index (κ2) is 7.38. The van der Waals surface area contributed by atoms with Gasteiger partial charge in [-0.2, -0.15) is 5.26 Å². The number of carbonyl (C=O) groups excluding carboxylic acids is 2. The molecular weight excluding hydrogens is 328 g/mol. The third-order valence-corrected chi connectivity index (χ3v) is 4.61. The normalized spacial score (nSPS) is 20.6. The lowest BCUT2D eigenvalue weighted by atomic mass is 10.0. The topological polar surface area (TPSA) is 99.2 Å². The van der Waals surface area contributed by atoms with Gasteiger partial charge in [-0.25, -0.2) is 0 Å². The van der Waals surface area contributed by atoms with Gasteiger partial charge in [-0.1, -0.05) is 30.3 Å². The number of para-hydroxylation sites is 1. The molecule has 2 aromatic carbocycles. The van der Waals surface area contributed by atoms with Crippen LogP contribution in [-0.4, -0.2) is 23.9 Å². The van der Waals surface area contributed by atoms with Crippen molar-refractivity contribution in [3.8, 4) is 6.07 Å². The van der Waals surface area contributed by atoms with E-state index in [9.17, 15) is 9.59 Å². The number of amides is 2. The van der Waals surface area contributed by atoms with E-state index >= 15 is 0 Å². The van der Waals surface area contributed by atoms with Crippen molar-refractivity contribution in [2.45, 2.75) is 31.5 Å². The van der Waals surface area contributed by atoms with Crippen LogP contribution in [0.25, 0.3) is 0 Å². The summed E-state index contributed by atoms with van der Waals surface area (Å²) < 4.78 is 0. The van der Waals surface area contributed by atoms with Crippen molar-refractivity contribution in [2.75, 3.05) is 4.90 Å². The first-order chi connectivity index (χ1) is 12.5. The maximum Gasteiger partial charge on any atom is 0.244 e. The molecule has 6 heteroatoms. The Morgan fingerprint density at radius 3 is 2.46 bits per heavy atom. The molecule has 1 aliphatic rings. The smallest absolute Gasteiger partial charge is 0.244 e. The molecule has 0 saturated carbocycles. The van der Waals surface area contributed by atoms with Crippen LogP contribution in [0, 0.1) is 11.3 Å². The lowest BCUT2D eigenvalue weighted by molar-refractivity contribution is -0.121. The summed E-state index contributed by atoms with van der Waals surface area (Å²) >= 11 is 0. The van der Waals surface area contributed by atoms with Crippen LogP contribution in [0.5, 0.6) is 0 Å². The summed E-state index contributed by atoms with van der Waals surface area (Å²) in [6.45, 7) is 1.98. The Balaban J connectivity index is 1.80. The fourth-order valence-electron chi connectivity index (χ4n) is 3.34. The van der Waals surface area contributed by atoms with Crippen molar-refractivity contribution in [1.29, 1.82) is 5.26 Å². The van der Waals surface area contributed by atoms with E-state index in [1.807, 2.05) is 43.3 Å². The molecule has 1 saturated heterocycles. The van der Waals surface area contributed by atoms with E-state index in [0.29, 0.717) is 17.5 Å². The van der Waals surface area contributed by atoms with Gasteiger partial charge in [0, 0.05) is 11.7 Å². The number of anilines is 1. The zero-order valence-corrected chi connectivity index (χ0v) is 14.4. The number of nitrogens with zero attached hydrogens (tertiary/aromatic N) is 2. The molecule has 3 N–H and O–H groups in total. The molecule has 26 heavy (non-hydrogen) atoms. The Labute approximate surface area is 152 Å². The van der Waals surface area contributed by atoms with Crippen LogP contribution >= 0.6 is 0 Å². The third-order valence-electron chi connectivity index (χ3n) is 4.61. The largest absolute Gasteiger partial charge is 0.368 e. The highest BCUT2D eigenvalue weighted by Crippen LogP contribution is 2.28. The number of rotatable bonds is 5. The van der Waals surface area contributed by atoms with Gasteiger partial charge in [-0.15, -0.1) is 0 Å². The molecule has 3 atom stereocenters. The molecule has 0 aliphatic carbocycles. The van der Waals surface area contributed by atoms with Gasteiger partial charge < -0.3 is 10.6 Å². The lowest BCUT2D eigenvalue weighted by Gasteiger charge is -2.22. The molecule has 0 unspecified atom stereocenters. The zero-order valence-electron chi connectivity index (χ0n) is 14.4. The van der Waals surface area contributed by atoms with Gasteiger partial charge in [0.25, 0.3) is 0 Å². The number of nitriles is 1. The van der Waals surface area contributed by atoms with Crippen molar-refractivity contribution < 1.29 is 9.59 Å². The van der Waals surface area contributed by atoms with Gasteiger partial charge >= 0.3 is 0 Å². The summed E-state index contributed by atoms with van der Waals surface area (Å²) in [5.41, 5.74) is 7.52. The molecule has 1 heterocycles. The molecule has 0 bridgehead atoms. The van der Waals surface area contributed by atoms with Gasteiger partial charge in [0.2, 0.25) is 11.8 Å². The average Bonchev–Trinajstić information content (AvgIpc) is 2.93. The van der Waals surface area contributed by atoms with Gasteiger partial charge in [0.15, 0.2) is 0 Å². The fraction of sp³-hybridized carbons (Fsp3) is 0.250. The summed E-state index contributed by atoms with van der Waals surface area (Å²) in [5.74, 6) is -0.642. The molecule has 0 radical (unpaired) electrons. The number of benzene rings is 2. The monoisotopic (exact) mass is 348 g/mol. The third kappa shape index (κ3) is 3.44. The highest BCUT2D eigenvalue weighted by atomic mass is 16.2. The van der Waals surface area contributed by atoms with Crippen molar-refractivity contribution in [2.24, 2.45) is 5.73 Å². The Kier molecular flexibility index (Phi) is 5.01. The highest BCUT2D eigenvalue weighted by molar-refractivity contribution is 6.00. The van der Waals surface area contributed by atoms with Crippen LogP contribution < -0.4 is 16.0 Å². The summed E-state index contributed by atoms with van der Waals surface area (Å²) in [7, 11) is 0. The van der Waals surface area contributed by atoms with E-state index in [0.717, 1.165) is 5.69 Å². The maximum absolute atomic E-state index is 12.9. The Morgan fingerprint density at radius 1 is 1.23 bits per heavy atom. The Morgan fingerprint density at radius 2 is 1.88 bits per heavy atom. The molecule has 1 aliphatic heterocycles. The quantitative estimate of drug-likeness (QED) is 0.861. The number of hydrogen-bond donors (Lipinski definition) is 2. The molecule has 3 rings (SSSR count). The van der Waals surface area contributed by atoms with Crippen LogP contribution in [0.2, 0.25) is 0 Å². The number of nitrogens with one attached hydrogen (secondary N) is 1. The molecule has 132 valence electrons. The molecule has 2 amide bonds. The summed E-state index contributed by atoms with van der Waals surface area (Å²) in [6, 6.07) is 16.8. The van der Waals surface area contributed by atoms with Crippen molar-refractivity contribution in [1.82, 2.24) is 5.32 Å². The highest BCUT2D eigenvalue weighted by Gasteiger charge is 2.39. The minimum Gasteiger partial charge on any atom is -0.368 e. The van der Waals surface area contributed by atoms with E-state index in [-0.39, 0.29) is 11.9 Å². The van der Waals surface area contributed by atoms with Gasteiger partial charge in [-0.05, 0) is 43.2 Å². The van der Waals surface area contributed by atoms with Gasteiger partial charge in [-0.3, -0.25) is 14.9 Å². The summed E-state index contributed by atoms with van der Waals surface area (Å²) in [4.78, 5) is 26.6. The standard InChI is InChI=1S/C20H20N4O2/c1-13-11-17(20(26)24(13)16-5-3-2-4-6-16)23-18(19(22)25)15-9-7-14(12-21)8-10-15/h2-10,13,17-18,23H,11H2,1H3,(H2,22,25)/t13-,17+,18-/m1/s1. The summed E-state index contributed by atoms with van der Waals surface area (Å²) in [6.07, 6.45) is 0.577.